The van der Waals surface area contributed by atoms with Crippen molar-refractivity contribution in [1.29, 1.82) is 0 Å². The summed E-state index contributed by atoms with van der Waals surface area (Å²) in [4.78, 5) is 8.79. The van der Waals surface area contributed by atoms with Crippen LogP contribution >= 0.6 is 0 Å². The van der Waals surface area contributed by atoms with Crippen LogP contribution in [0, 0.1) is 12.8 Å². The molecule has 0 amide bonds. The minimum absolute atomic E-state index is 0.585. The van der Waals surface area contributed by atoms with Crippen LogP contribution in [0.15, 0.2) is 18.3 Å². The highest BCUT2D eigenvalue weighted by molar-refractivity contribution is 5.60. The topological polar surface area (TPSA) is 25.8 Å². The highest BCUT2D eigenvalue weighted by atomic mass is 14.8. The lowest BCUT2D eigenvalue weighted by Gasteiger charge is -2.07. The molecule has 1 atom stereocenters. The van der Waals surface area contributed by atoms with Crippen LogP contribution in [0.5, 0.6) is 0 Å². The lowest BCUT2D eigenvalue weighted by Crippen LogP contribution is -1.97. The summed E-state index contributed by atoms with van der Waals surface area (Å²) in [5.74, 6) is 0.585. The zero-order valence-electron chi connectivity index (χ0n) is 8.57. The Morgan fingerprint density at radius 1 is 1.29 bits per heavy atom. The Kier molecular flexibility index (Phi) is 2.44. The van der Waals surface area contributed by atoms with Gasteiger partial charge in [-0.05, 0) is 31.4 Å². The predicted octanol–water partition coefficient (Wildman–Crippen LogP) is 2.85. The summed E-state index contributed by atoms with van der Waals surface area (Å²) >= 11 is 0. The molecule has 1 heterocycles. The van der Waals surface area contributed by atoms with Crippen molar-refractivity contribution >= 4 is 12.2 Å². The van der Waals surface area contributed by atoms with Crippen LogP contribution < -0.4 is 0 Å². The molecular formula is C12H14N2. The van der Waals surface area contributed by atoms with E-state index in [1.54, 1.807) is 0 Å². The highest BCUT2D eigenvalue weighted by Gasteiger charge is 2.04. The number of aromatic nitrogens is 2. The lowest BCUT2D eigenvalue weighted by molar-refractivity contribution is 0.748. The van der Waals surface area contributed by atoms with E-state index in [1.807, 2.05) is 13.1 Å². The second-order valence-corrected chi connectivity index (χ2v) is 3.76. The summed E-state index contributed by atoms with van der Waals surface area (Å²) < 4.78 is 0. The van der Waals surface area contributed by atoms with Gasteiger partial charge in [0.1, 0.15) is 0 Å². The van der Waals surface area contributed by atoms with Crippen molar-refractivity contribution in [3.63, 3.8) is 0 Å². The lowest BCUT2D eigenvalue weighted by atomic mass is 10.0. The first-order chi connectivity index (χ1) is 6.75. The van der Waals surface area contributed by atoms with Crippen LogP contribution in [0.25, 0.3) is 12.2 Å². The maximum absolute atomic E-state index is 4.45. The summed E-state index contributed by atoms with van der Waals surface area (Å²) in [7, 11) is 0. The van der Waals surface area contributed by atoms with E-state index in [0.717, 1.165) is 23.5 Å². The van der Waals surface area contributed by atoms with Gasteiger partial charge in [0.25, 0.3) is 0 Å². The first kappa shape index (κ1) is 9.13. The Labute approximate surface area is 84.4 Å². The van der Waals surface area contributed by atoms with Gasteiger partial charge in [0.05, 0.1) is 17.1 Å². The number of nitrogens with zero attached hydrogens (tertiary/aromatic N) is 2. The van der Waals surface area contributed by atoms with Gasteiger partial charge in [-0.2, -0.15) is 0 Å². The van der Waals surface area contributed by atoms with Crippen molar-refractivity contribution < 1.29 is 0 Å². The van der Waals surface area contributed by atoms with Crippen LogP contribution in [-0.2, 0) is 0 Å². The van der Waals surface area contributed by atoms with E-state index in [2.05, 4.69) is 41.2 Å². The third kappa shape index (κ3) is 1.90. The number of hydrogen-bond donors (Lipinski definition) is 0. The molecule has 0 aromatic carbocycles. The predicted molar refractivity (Wildman–Crippen MR) is 58.6 cm³/mol. The Morgan fingerprint density at radius 2 is 2.14 bits per heavy atom. The molecule has 0 N–H and O–H groups in total. The molecule has 0 radical (unpaired) electrons. The van der Waals surface area contributed by atoms with Crippen molar-refractivity contribution in [3.8, 4) is 0 Å². The molecule has 0 fully saturated rings. The Morgan fingerprint density at radius 3 is 3.00 bits per heavy atom. The second-order valence-electron chi connectivity index (χ2n) is 3.76. The van der Waals surface area contributed by atoms with Gasteiger partial charge in [0.15, 0.2) is 0 Å². The summed E-state index contributed by atoms with van der Waals surface area (Å²) in [6, 6.07) is 0. The Hall–Kier alpha value is -1.44. The summed E-state index contributed by atoms with van der Waals surface area (Å²) in [6.45, 7) is 4.17. The fourth-order valence-electron chi connectivity index (χ4n) is 1.48. The van der Waals surface area contributed by atoms with Crippen molar-refractivity contribution in [1.82, 2.24) is 9.97 Å². The standard InChI is InChI=1S/C12H14N2/c1-9-4-3-5-11-12(7-6-9)14-10(2)8-13-11/h3,5-9H,4H2,1-2H3/b5-3-,7-6-. The molecule has 14 heavy (non-hydrogen) atoms. The van der Waals surface area contributed by atoms with Crippen LogP contribution in [0.2, 0.25) is 0 Å². The van der Waals surface area contributed by atoms with E-state index < -0.39 is 0 Å². The molecule has 2 nitrogen and oxygen atoms in total. The minimum atomic E-state index is 0.585. The molecule has 0 bridgehead atoms. The van der Waals surface area contributed by atoms with Crippen molar-refractivity contribution in [2.45, 2.75) is 20.3 Å². The highest BCUT2D eigenvalue weighted by Crippen LogP contribution is 2.16. The SMILES string of the molecule is Cc1cnc2c(n1)/C=C\C(C)C/C=C\2. The van der Waals surface area contributed by atoms with Crippen LogP contribution in [-0.4, -0.2) is 9.97 Å². The minimum Gasteiger partial charge on any atom is -0.253 e. The monoisotopic (exact) mass is 186 g/mol. The van der Waals surface area contributed by atoms with Gasteiger partial charge in [0.2, 0.25) is 0 Å². The van der Waals surface area contributed by atoms with Crippen LogP contribution in [0.4, 0.5) is 0 Å². The first-order valence-electron chi connectivity index (χ1n) is 4.94. The molecule has 2 heteroatoms. The van der Waals surface area contributed by atoms with Gasteiger partial charge in [-0.15, -0.1) is 0 Å². The molecule has 1 aliphatic carbocycles. The molecular weight excluding hydrogens is 172 g/mol. The molecule has 2 rings (SSSR count). The molecule has 72 valence electrons. The Balaban J connectivity index is 2.47. The van der Waals surface area contributed by atoms with Crippen molar-refractivity contribution in [3.05, 3.63) is 35.4 Å². The number of allylic oxidation sites excluding steroid dienone is 2. The van der Waals surface area contributed by atoms with E-state index in [4.69, 9.17) is 0 Å². The molecule has 0 aliphatic heterocycles. The number of rotatable bonds is 0. The average molecular weight is 186 g/mol. The number of hydrogen-bond acceptors (Lipinski definition) is 2. The Bertz CT molecular complexity index is 391. The summed E-state index contributed by atoms with van der Waals surface area (Å²) in [6.07, 6.45) is 11.4. The van der Waals surface area contributed by atoms with E-state index in [1.165, 1.54) is 0 Å². The molecule has 0 saturated carbocycles. The van der Waals surface area contributed by atoms with E-state index in [0.29, 0.717) is 5.92 Å². The maximum atomic E-state index is 4.45. The van der Waals surface area contributed by atoms with Gasteiger partial charge < -0.3 is 0 Å². The van der Waals surface area contributed by atoms with Crippen molar-refractivity contribution in [2.75, 3.05) is 0 Å². The van der Waals surface area contributed by atoms with E-state index in [-0.39, 0.29) is 0 Å². The van der Waals surface area contributed by atoms with Gasteiger partial charge in [-0.25, -0.2) is 4.98 Å². The van der Waals surface area contributed by atoms with Crippen molar-refractivity contribution in [2.24, 2.45) is 5.92 Å². The van der Waals surface area contributed by atoms with Crippen LogP contribution in [0.3, 0.4) is 0 Å². The van der Waals surface area contributed by atoms with Gasteiger partial charge >= 0.3 is 0 Å². The van der Waals surface area contributed by atoms with E-state index >= 15 is 0 Å². The largest absolute Gasteiger partial charge is 0.253 e. The maximum Gasteiger partial charge on any atom is 0.0886 e. The zero-order chi connectivity index (χ0) is 9.97. The zero-order valence-corrected chi connectivity index (χ0v) is 8.57. The fraction of sp³-hybridized carbons (Fsp3) is 0.333. The normalized spacial score (nSPS) is 24.6. The molecule has 1 aliphatic rings. The summed E-state index contributed by atoms with van der Waals surface area (Å²) in [5, 5.41) is 0. The number of fused-ring (bicyclic) bond motifs is 1. The molecule has 1 unspecified atom stereocenters. The fourth-order valence-corrected chi connectivity index (χ4v) is 1.48. The smallest absolute Gasteiger partial charge is 0.0886 e. The summed E-state index contributed by atoms with van der Waals surface area (Å²) in [5.41, 5.74) is 2.92. The average Bonchev–Trinajstić information content (AvgIpc) is 2.15. The van der Waals surface area contributed by atoms with Gasteiger partial charge in [0, 0.05) is 6.20 Å². The quantitative estimate of drug-likeness (QED) is 0.622. The van der Waals surface area contributed by atoms with Crippen LogP contribution in [0.1, 0.15) is 30.4 Å². The molecule has 1 aromatic rings. The second kappa shape index (κ2) is 3.74. The molecule has 0 saturated heterocycles. The third-order valence-corrected chi connectivity index (χ3v) is 2.32. The number of aryl methyl sites for hydroxylation is 1. The molecule has 1 aromatic heterocycles. The van der Waals surface area contributed by atoms with E-state index in [9.17, 15) is 0 Å². The van der Waals surface area contributed by atoms with Gasteiger partial charge in [-0.3, -0.25) is 4.98 Å². The molecule has 0 spiro atoms. The van der Waals surface area contributed by atoms with Gasteiger partial charge in [-0.1, -0.05) is 19.1 Å². The first-order valence-corrected chi connectivity index (χ1v) is 4.94. The third-order valence-electron chi connectivity index (χ3n) is 2.32.